The summed E-state index contributed by atoms with van der Waals surface area (Å²) in [6.07, 6.45) is 20.1. The smallest absolute Gasteiger partial charge is 0.0784 e. The molecule has 1 nitrogen and oxygen atoms in total. The third kappa shape index (κ3) is 4.82. The maximum absolute atomic E-state index is 5.00. The first-order valence-corrected chi connectivity index (χ1v) is 9.01. The van der Waals surface area contributed by atoms with Gasteiger partial charge in [0.05, 0.1) is 13.4 Å². The molecule has 0 unspecified atom stereocenters. The predicted octanol–water partition coefficient (Wildman–Crippen LogP) is 5.95. The lowest BCUT2D eigenvalue weighted by Gasteiger charge is -2.37. The van der Waals surface area contributed by atoms with E-state index in [1.165, 1.54) is 70.6 Å². The Kier molecular flexibility index (Phi) is 6.96. The highest BCUT2D eigenvalue weighted by Gasteiger charge is 2.30. The van der Waals surface area contributed by atoms with Crippen molar-refractivity contribution in [3.8, 4) is 0 Å². The Morgan fingerprint density at radius 2 is 1.40 bits per heavy atom. The van der Waals surface area contributed by atoms with Gasteiger partial charge in [-0.25, -0.2) is 0 Å². The van der Waals surface area contributed by atoms with Crippen LogP contribution < -0.4 is 0 Å². The molecule has 0 aromatic carbocycles. The van der Waals surface area contributed by atoms with Crippen molar-refractivity contribution in [1.82, 2.24) is 0 Å². The predicted molar refractivity (Wildman–Crippen MR) is 86.6 cm³/mol. The normalized spacial score (nSPS) is 35.3. The maximum atomic E-state index is 5.00. The van der Waals surface area contributed by atoms with E-state index in [4.69, 9.17) is 4.74 Å². The zero-order chi connectivity index (χ0) is 14.2. The first-order chi connectivity index (χ1) is 9.83. The molecular formula is C19H34O. The summed E-state index contributed by atoms with van der Waals surface area (Å²) in [5.41, 5.74) is 0. The van der Waals surface area contributed by atoms with Gasteiger partial charge in [-0.1, -0.05) is 32.6 Å². The van der Waals surface area contributed by atoms with E-state index in [-0.39, 0.29) is 0 Å². The van der Waals surface area contributed by atoms with Crippen molar-refractivity contribution in [2.45, 2.75) is 77.6 Å². The van der Waals surface area contributed by atoms with Crippen molar-refractivity contribution in [2.75, 3.05) is 7.11 Å². The fraction of sp³-hybridized carbons (Fsp3) is 0.895. The highest BCUT2D eigenvalue weighted by molar-refractivity contribution is 4.85. The monoisotopic (exact) mass is 278 g/mol. The molecule has 0 aromatic heterocycles. The molecule has 0 heterocycles. The number of methoxy groups -OCH3 is 1. The summed E-state index contributed by atoms with van der Waals surface area (Å²) >= 11 is 0. The van der Waals surface area contributed by atoms with Crippen LogP contribution in [-0.2, 0) is 4.74 Å². The van der Waals surface area contributed by atoms with Crippen molar-refractivity contribution < 1.29 is 4.74 Å². The molecule has 2 fully saturated rings. The number of allylic oxidation sites excluding steroid dienone is 1. The van der Waals surface area contributed by atoms with Gasteiger partial charge in [0.15, 0.2) is 0 Å². The topological polar surface area (TPSA) is 9.23 Å². The molecule has 1 heteroatoms. The molecule has 2 aliphatic rings. The summed E-state index contributed by atoms with van der Waals surface area (Å²) < 4.78 is 5.00. The molecule has 0 aromatic rings. The highest BCUT2D eigenvalue weighted by Crippen LogP contribution is 2.42. The lowest BCUT2D eigenvalue weighted by molar-refractivity contribution is 0.144. The van der Waals surface area contributed by atoms with E-state index in [2.05, 4.69) is 13.0 Å². The van der Waals surface area contributed by atoms with Gasteiger partial charge in [0.2, 0.25) is 0 Å². The fourth-order valence-corrected chi connectivity index (χ4v) is 4.60. The van der Waals surface area contributed by atoms with Crippen LogP contribution in [0.3, 0.4) is 0 Å². The van der Waals surface area contributed by atoms with Gasteiger partial charge < -0.3 is 4.74 Å². The van der Waals surface area contributed by atoms with E-state index in [0.717, 1.165) is 23.7 Å². The second-order valence-corrected chi connectivity index (χ2v) is 7.19. The van der Waals surface area contributed by atoms with Gasteiger partial charge in [-0.2, -0.15) is 0 Å². The number of rotatable bonds is 6. The fourth-order valence-electron chi connectivity index (χ4n) is 4.60. The summed E-state index contributed by atoms with van der Waals surface area (Å²) in [5, 5.41) is 0. The average Bonchev–Trinajstić information content (AvgIpc) is 2.49. The molecule has 2 aliphatic carbocycles. The summed E-state index contributed by atoms with van der Waals surface area (Å²) in [7, 11) is 1.74. The van der Waals surface area contributed by atoms with Crippen molar-refractivity contribution >= 4 is 0 Å². The first kappa shape index (κ1) is 15.9. The molecule has 0 amide bonds. The molecule has 0 radical (unpaired) electrons. The third-order valence-corrected chi connectivity index (χ3v) is 5.85. The molecule has 0 saturated heterocycles. The molecule has 2 saturated carbocycles. The van der Waals surface area contributed by atoms with E-state index < -0.39 is 0 Å². The van der Waals surface area contributed by atoms with Crippen LogP contribution in [0.1, 0.15) is 77.6 Å². The van der Waals surface area contributed by atoms with Crippen molar-refractivity contribution in [1.29, 1.82) is 0 Å². The van der Waals surface area contributed by atoms with E-state index in [9.17, 15) is 0 Å². The van der Waals surface area contributed by atoms with E-state index in [1.807, 2.05) is 6.26 Å². The highest BCUT2D eigenvalue weighted by atomic mass is 16.5. The van der Waals surface area contributed by atoms with Gasteiger partial charge in [-0.15, -0.1) is 0 Å². The van der Waals surface area contributed by atoms with Crippen LogP contribution in [0.15, 0.2) is 12.3 Å². The largest absolute Gasteiger partial charge is 0.505 e. The van der Waals surface area contributed by atoms with Crippen molar-refractivity contribution in [2.24, 2.45) is 23.7 Å². The van der Waals surface area contributed by atoms with Crippen LogP contribution in [0.4, 0.5) is 0 Å². The first-order valence-electron chi connectivity index (χ1n) is 9.01. The molecule has 0 atom stereocenters. The summed E-state index contributed by atoms with van der Waals surface area (Å²) in [4.78, 5) is 0. The van der Waals surface area contributed by atoms with Gasteiger partial charge >= 0.3 is 0 Å². The Hall–Kier alpha value is -0.460. The minimum atomic E-state index is 0.925. The van der Waals surface area contributed by atoms with Crippen molar-refractivity contribution in [3.63, 3.8) is 0 Å². The molecule has 0 N–H and O–H groups in total. The summed E-state index contributed by atoms with van der Waals surface area (Å²) in [6, 6.07) is 0. The van der Waals surface area contributed by atoms with E-state index in [0.29, 0.717) is 0 Å². The van der Waals surface area contributed by atoms with Gasteiger partial charge in [0, 0.05) is 0 Å². The van der Waals surface area contributed by atoms with Crippen LogP contribution in [0.5, 0.6) is 0 Å². The number of ether oxygens (including phenoxy) is 1. The second-order valence-electron chi connectivity index (χ2n) is 7.19. The van der Waals surface area contributed by atoms with Crippen molar-refractivity contribution in [3.05, 3.63) is 12.3 Å². The maximum Gasteiger partial charge on any atom is 0.0784 e. The van der Waals surface area contributed by atoms with Gasteiger partial charge in [0.1, 0.15) is 0 Å². The van der Waals surface area contributed by atoms with Crippen LogP contribution in [0.25, 0.3) is 0 Å². The lowest BCUT2D eigenvalue weighted by atomic mass is 9.68. The van der Waals surface area contributed by atoms with Crippen LogP contribution >= 0.6 is 0 Å². The minimum absolute atomic E-state index is 0.925. The molecule has 0 aliphatic heterocycles. The number of hydrogen-bond donors (Lipinski definition) is 0. The quantitative estimate of drug-likeness (QED) is 0.545. The Labute approximate surface area is 126 Å². The minimum Gasteiger partial charge on any atom is -0.505 e. The SMILES string of the molecule is CCC[C@H]1CC[C@H]([C@H]2CC[C@H](CC=COC)CC2)CC1. The Morgan fingerprint density at radius 3 is 1.90 bits per heavy atom. The van der Waals surface area contributed by atoms with E-state index in [1.54, 1.807) is 7.11 Å². The van der Waals surface area contributed by atoms with Crippen LogP contribution in [0.2, 0.25) is 0 Å². The summed E-state index contributed by atoms with van der Waals surface area (Å²) in [5.74, 6) is 4.11. The van der Waals surface area contributed by atoms with Crippen LogP contribution in [-0.4, -0.2) is 7.11 Å². The van der Waals surface area contributed by atoms with Gasteiger partial charge in [-0.3, -0.25) is 0 Å². The molecule has 0 spiro atoms. The molecular weight excluding hydrogens is 244 g/mol. The lowest BCUT2D eigenvalue weighted by Crippen LogP contribution is -2.25. The molecule has 0 bridgehead atoms. The Morgan fingerprint density at radius 1 is 0.850 bits per heavy atom. The molecule has 20 heavy (non-hydrogen) atoms. The second kappa shape index (κ2) is 8.74. The molecule has 116 valence electrons. The standard InChI is InChI=1S/C19H34O/c1-3-5-16-7-11-18(12-8-16)19-13-9-17(10-14-19)6-4-15-20-2/h4,15-19H,3,5-14H2,1-2H3/t16-,17-,18-,19-. The zero-order valence-electron chi connectivity index (χ0n) is 13.7. The van der Waals surface area contributed by atoms with Gasteiger partial charge in [0.25, 0.3) is 0 Å². The van der Waals surface area contributed by atoms with Crippen LogP contribution in [0, 0.1) is 23.7 Å². The average molecular weight is 278 g/mol. The van der Waals surface area contributed by atoms with E-state index >= 15 is 0 Å². The molecule has 2 rings (SSSR count). The zero-order valence-corrected chi connectivity index (χ0v) is 13.7. The Bertz CT molecular complexity index is 267. The van der Waals surface area contributed by atoms with Gasteiger partial charge in [-0.05, 0) is 74.7 Å². The third-order valence-electron chi connectivity index (χ3n) is 5.85. The number of hydrogen-bond acceptors (Lipinski definition) is 1. The Balaban J connectivity index is 1.65. The summed E-state index contributed by atoms with van der Waals surface area (Å²) in [6.45, 7) is 2.34.